The first kappa shape index (κ1) is 13.1. The number of hydrogen-bond acceptors (Lipinski definition) is 6. The van der Waals surface area contributed by atoms with Crippen molar-refractivity contribution in [2.24, 2.45) is 5.73 Å². The predicted molar refractivity (Wildman–Crippen MR) is 76.0 cm³/mol. The van der Waals surface area contributed by atoms with Crippen LogP contribution >= 0.6 is 0 Å². The van der Waals surface area contributed by atoms with E-state index >= 15 is 0 Å². The van der Waals surface area contributed by atoms with Crippen molar-refractivity contribution in [3.05, 3.63) is 30.5 Å². The van der Waals surface area contributed by atoms with Crippen LogP contribution in [0.4, 0.5) is 11.6 Å². The van der Waals surface area contributed by atoms with Gasteiger partial charge in [-0.1, -0.05) is 12.1 Å². The molecule has 6 heteroatoms. The van der Waals surface area contributed by atoms with Gasteiger partial charge in [-0.25, -0.2) is 9.97 Å². The van der Waals surface area contributed by atoms with Gasteiger partial charge in [0.25, 0.3) is 0 Å². The topological polar surface area (TPSA) is 99.1 Å². The fourth-order valence-electron chi connectivity index (χ4n) is 1.72. The normalized spacial score (nSPS) is 10.2. The smallest absolute Gasteiger partial charge is 0.220 e. The van der Waals surface area contributed by atoms with Gasteiger partial charge in [-0.15, -0.1) is 0 Å². The molecule has 0 aliphatic heterocycles. The van der Waals surface area contributed by atoms with Crippen LogP contribution in [-0.2, 0) is 0 Å². The molecule has 0 spiro atoms. The highest BCUT2D eigenvalue weighted by atomic mass is 16.5. The number of ether oxygens (including phenoxy) is 1. The molecule has 2 aromatic rings. The van der Waals surface area contributed by atoms with Crippen LogP contribution in [0.3, 0.4) is 0 Å². The van der Waals surface area contributed by atoms with E-state index in [0.717, 1.165) is 22.7 Å². The van der Waals surface area contributed by atoms with Crippen molar-refractivity contribution < 1.29 is 4.74 Å². The van der Waals surface area contributed by atoms with Gasteiger partial charge in [-0.05, 0) is 12.1 Å². The molecule has 19 heavy (non-hydrogen) atoms. The molecule has 0 bridgehead atoms. The molecule has 2 rings (SSSR count). The van der Waals surface area contributed by atoms with Crippen LogP contribution < -0.4 is 21.5 Å². The van der Waals surface area contributed by atoms with Gasteiger partial charge in [0.05, 0.1) is 24.7 Å². The van der Waals surface area contributed by atoms with Crippen LogP contribution in [0, 0.1) is 0 Å². The molecule has 0 saturated heterocycles. The second-order valence-electron chi connectivity index (χ2n) is 3.94. The van der Waals surface area contributed by atoms with Gasteiger partial charge < -0.3 is 21.5 Å². The molecule has 1 aromatic heterocycles. The molecule has 0 fully saturated rings. The molecule has 5 N–H and O–H groups in total. The molecule has 1 aromatic carbocycles. The van der Waals surface area contributed by atoms with Gasteiger partial charge in [0.15, 0.2) is 0 Å². The number of benzene rings is 1. The number of aromatic nitrogens is 2. The number of methoxy groups -OCH3 is 1. The number of nitrogens with two attached hydrogens (primary N) is 2. The van der Waals surface area contributed by atoms with Crippen molar-refractivity contribution >= 4 is 11.6 Å². The Morgan fingerprint density at radius 3 is 2.95 bits per heavy atom. The molecule has 0 radical (unpaired) electrons. The lowest BCUT2D eigenvalue weighted by molar-refractivity contribution is 0.415. The lowest BCUT2D eigenvalue weighted by Gasteiger charge is -2.11. The van der Waals surface area contributed by atoms with Crippen molar-refractivity contribution in [3.63, 3.8) is 0 Å². The van der Waals surface area contributed by atoms with E-state index in [1.807, 2.05) is 24.3 Å². The number of nitrogen functional groups attached to an aromatic ring is 1. The standard InChI is InChI=1S/C13H17N5O/c1-19-10-4-2-3-9(7-10)12-11(16-6-5-14)8-17-13(15)18-12/h2-4,7-8,16H,5-6,14H2,1H3,(H2,15,17,18). The number of anilines is 2. The summed E-state index contributed by atoms with van der Waals surface area (Å²) >= 11 is 0. The zero-order valence-corrected chi connectivity index (χ0v) is 10.8. The molecule has 0 aliphatic rings. The number of rotatable bonds is 5. The Balaban J connectivity index is 2.43. The zero-order valence-electron chi connectivity index (χ0n) is 10.8. The molecular formula is C13H17N5O. The molecular weight excluding hydrogens is 242 g/mol. The molecule has 0 unspecified atom stereocenters. The number of nitrogens with one attached hydrogen (secondary N) is 1. The van der Waals surface area contributed by atoms with E-state index < -0.39 is 0 Å². The van der Waals surface area contributed by atoms with Gasteiger partial charge in [0.2, 0.25) is 5.95 Å². The summed E-state index contributed by atoms with van der Waals surface area (Å²) in [6.07, 6.45) is 1.66. The highest BCUT2D eigenvalue weighted by Crippen LogP contribution is 2.28. The molecule has 6 nitrogen and oxygen atoms in total. The summed E-state index contributed by atoms with van der Waals surface area (Å²) in [5, 5.41) is 3.18. The largest absolute Gasteiger partial charge is 0.497 e. The van der Waals surface area contributed by atoms with E-state index in [1.54, 1.807) is 13.3 Å². The maximum absolute atomic E-state index is 5.66. The molecule has 0 atom stereocenters. The minimum absolute atomic E-state index is 0.233. The SMILES string of the molecule is COc1cccc(-c2nc(N)ncc2NCCN)c1. The van der Waals surface area contributed by atoms with Crippen LogP contribution in [0.2, 0.25) is 0 Å². The van der Waals surface area contributed by atoms with Crippen molar-refractivity contribution in [2.45, 2.75) is 0 Å². The quantitative estimate of drug-likeness (QED) is 0.743. The number of nitrogens with zero attached hydrogens (tertiary/aromatic N) is 2. The molecule has 1 heterocycles. The summed E-state index contributed by atoms with van der Waals surface area (Å²) in [6, 6.07) is 7.62. The average molecular weight is 259 g/mol. The van der Waals surface area contributed by atoms with Crippen LogP contribution in [0.15, 0.2) is 30.5 Å². The summed E-state index contributed by atoms with van der Waals surface area (Å²) in [7, 11) is 1.63. The Morgan fingerprint density at radius 1 is 1.37 bits per heavy atom. The zero-order chi connectivity index (χ0) is 13.7. The van der Waals surface area contributed by atoms with E-state index in [2.05, 4.69) is 15.3 Å². The lowest BCUT2D eigenvalue weighted by atomic mass is 10.1. The van der Waals surface area contributed by atoms with E-state index in [1.165, 1.54) is 0 Å². The first-order valence-electron chi connectivity index (χ1n) is 5.95. The van der Waals surface area contributed by atoms with Gasteiger partial charge in [-0.2, -0.15) is 0 Å². The molecule has 0 saturated carbocycles. The molecule has 0 amide bonds. The van der Waals surface area contributed by atoms with Crippen molar-refractivity contribution in [2.75, 3.05) is 31.2 Å². The summed E-state index contributed by atoms with van der Waals surface area (Å²) in [5.41, 5.74) is 13.6. The Morgan fingerprint density at radius 2 is 2.21 bits per heavy atom. The highest BCUT2D eigenvalue weighted by Gasteiger charge is 2.09. The van der Waals surface area contributed by atoms with Crippen molar-refractivity contribution in [1.29, 1.82) is 0 Å². The van der Waals surface area contributed by atoms with Crippen molar-refractivity contribution in [1.82, 2.24) is 9.97 Å². The Kier molecular flexibility index (Phi) is 4.15. The van der Waals surface area contributed by atoms with Crippen LogP contribution in [0.25, 0.3) is 11.3 Å². The lowest BCUT2D eigenvalue weighted by Crippen LogP contribution is -2.14. The van der Waals surface area contributed by atoms with Crippen LogP contribution in [0.5, 0.6) is 5.75 Å². The predicted octanol–water partition coefficient (Wildman–Crippen LogP) is 1.10. The van der Waals surface area contributed by atoms with E-state index in [-0.39, 0.29) is 5.95 Å². The van der Waals surface area contributed by atoms with Gasteiger partial charge in [0.1, 0.15) is 5.75 Å². The second-order valence-corrected chi connectivity index (χ2v) is 3.94. The minimum Gasteiger partial charge on any atom is -0.497 e. The monoisotopic (exact) mass is 259 g/mol. The third-order valence-electron chi connectivity index (χ3n) is 2.61. The van der Waals surface area contributed by atoms with Gasteiger partial charge in [0, 0.05) is 18.7 Å². The van der Waals surface area contributed by atoms with E-state index in [9.17, 15) is 0 Å². The van der Waals surface area contributed by atoms with Gasteiger partial charge >= 0.3 is 0 Å². The number of hydrogen-bond donors (Lipinski definition) is 3. The maximum Gasteiger partial charge on any atom is 0.220 e. The summed E-state index contributed by atoms with van der Waals surface area (Å²) in [5.74, 6) is 0.996. The summed E-state index contributed by atoms with van der Waals surface area (Å²) < 4.78 is 5.21. The average Bonchev–Trinajstić information content (AvgIpc) is 2.46. The van der Waals surface area contributed by atoms with Crippen LogP contribution in [0.1, 0.15) is 0 Å². The van der Waals surface area contributed by atoms with E-state index in [4.69, 9.17) is 16.2 Å². The van der Waals surface area contributed by atoms with Gasteiger partial charge in [-0.3, -0.25) is 0 Å². The summed E-state index contributed by atoms with van der Waals surface area (Å²) in [6.45, 7) is 1.17. The minimum atomic E-state index is 0.233. The first-order valence-corrected chi connectivity index (χ1v) is 5.95. The first-order chi connectivity index (χ1) is 9.24. The maximum atomic E-state index is 5.66. The molecule has 0 aliphatic carbocycles. The van der Waals surface area contributed by atoms with Crippen molar-refractivity contribution in [3.8, 4) is 17.0 Å². The Labute approximate surface area is 111 Å². The third kappa shape index (κ3) is 3.11. The Bertz CT molecular complexity index is 558. The third-order valence-corrected chi connectivity index (χ3v) is 2.61. The summed E-state index contributed by atoms with van der Waals surface area (Å²) in [4.78, 5) is 8.27. The fourth-order valence-corrected chi connectivity index (χ4v) is 1.72. The van der Waals surface area contributed by atoms with E-state index in [0.29, 0.717) is 13.1 Å². The van der Waals surface area contributed by atoms with Crippen LogP contribution in [-0.4, -0.2) is 30.2 Å². The fraction of sp³-hybridized carbons (Fsp3) is 0.231. The molecule has 100 valence electrons. The Hall–Kier alpha value is -2.34. The second kappa shape index (κ2) is 6.01. The highest BCUT2D eigenvalue weighted by molar-refractivity contribution is 5.75.